The normalized spacial score (nSPS) is 11.8. The standard InChI is InChI=1S/C15H17N3O2/c1-2-11(12-6-4-3-5-7-12)8-17-14-10-16-13(9-18-14)15(19)20/h3-7,9-11H,2,8H2,1H3,(H,17,18)(H,19,20). The zero-order valence-corrected chi connectivity index (χ0v) is 11.3. The lowest BCUT2D eigenvalue weighted by molar-refractivity contribution is 0.0690. The molecule has 2 N–H and O–H groups in total. The second-order valence-electron chi connectivity index (χ2n) is 4.49. The van der Waals surface area contributed by atoms with Gasteiger partial charge in [0.25, 0.3) is 0 Å². The smallest absolute Gasteiger partial charge is 0.356 e. The molecule has 1 heterocycles. The van der Waals surface area contributed by atoms with E-state index in [1.807, 2.05) is 18.2 Å². The number of benzene rings is 1. The molecule has 5 heteroatoms. The number of aromatic carboxylic acids is 1. The van der Waals surface area contributed by atoms with E-state index in [1.54, 1.807) is 0 Å². The van der Waals surface area contributed by atoms with Gasteiger partial charge in [-0.05, 0) is 12.0 Å². The van der Waals surface area contributed by atoms with Gasteiger partial charge in [-0.2, -0.15) is 0 Å². The summed E-state index contributed by atoms with van der Waals surface area (Å²) in [5.41, 5.74) is 1.23. The number of rotatable bonds is 6. The van der Waals surface area contributed by atoms with Crippen LogP contribution < -0.4 is 5.32 Å². The van der Waals surface area contributed by atoms with Crippen LogP contribution in [0.5, 0.6) is 0 Å². The Hall–Kier alpha value is -2.43. The minimum Gasteiger partial charge on any atom is -0.476 e. The highest BCUT2D eigenvalue weighted by Crippen LogP contribution is 2.19. The van der Waals surface area contributed by atoms with Gasteiger partial charge >= 0.3 is 5.97 Å². The second kappa shape index (κ2) is 6.65. The minimum atomic E-state index is -1.07. The Morgan fingerprint density at radius 2 is 2.00 bits per heavy atom. The topological polar surface area (TPSA) is 75.1 Å². The van der Waals surface area contributed by atoms with E-state index in [4.69, 9.17) is 5.11 Å². The summed E-state index contributed by atoms with van der Waals surface area (Å²) in [5, 5.41) is 12.0. The van der Waals surface area contributed by atoms with Crippen molar-refractivity contribution in [2.24, 2.45) is 0 Å². The lowest BCUT2D eigenvalue weighted by Crippen LogP contribution is -2.13. The molecule has 0 spiro atoms. The molecule has 2 rings (SSSR count). The van der Waals surface area contributed by atoms with Crippen molar-refractivity contribution in [2.75, 3.05) is 11.9 Å². The van der Waals surface area contributed by atoms with E-state index in [-0.39, 0.29) is 5.69 Å². The lowest BCUT2D eigenvalue weighted by atomic mass is 9.96. The Morgan fingerprint density at radius 1 is 1.25 bits per heavy atom. The van der Waals surface area contributed by atoms with Gasteiger partial charge in [-0.3, -0.25) is 0 Å². The third-order valence-electron chi connectivity index (χ3n) is 3.16. The van der Waals surface area contributed by atoms with E-state index >= 15 is 0 Å². The maximum absolute atomic E-state index is 10.7. The predicted octanol–water partition coefficient (Wildman–Crippen LogP) is 2.78. The summed E-state index contributed by atoms with van der Waals surface area (Å²) in [5.74, 6) is -0.0960. The van der Waals surface area contributed by atoms with Gasteiger partial charge in [0.1, 0.15) is 5.82 Å². The molecule has 1 aromatic heterocycles. The van der Waals surface area contributed by atoms with Crippen molar-refractivity contribution in [3.8, 4) is 0 Å². The van der Waals surface area contributed by atoms with Crippen LogP contribution in [0, 0.1) is 0 Å². The van der Waals surface area contributed by atoms with Crippen LogP contribution >= 0.6 is 0 Å². The Labute approximate surface area is 117 Å². The summed E-state index contributed by atoms with van der Waals surface area (Å²) in [4.78, 5) is 18.6. The number of nitrogens with zero attached hydrogens (tertiary/aromatic N) is 2. The molecule has 1 unspecified atom stereocenters. The summed E-state index contributed by atoms with van der Waals surface area (Å²) in [6.07, 6.45) is 3.72. The average molecular weight is 271 g/mol. The van der Waals surface area contributed by atoms with Gasteiger partial charge in [0.15, 0.2) is 5.69 Å². The number of hydrogen-bond donors (Lipinski definition) is 2. The van der Waals surface area contributed by atoms with Crippen molar-refractivity contribution in [1.82, 2.24) is 9.97 Å². The fourth-order valence-electron chi connectivity index (χ4n) is 1.98. The summed E-state index contributed by atoms with van der Waals surface area (Å²) in [6.45, 7) is 2.88. The number of hydrogen-bond acceptors (Lipinski definition) is 4. The molecule has 0 aliphatic heterocycles. The highest BCUT2D eigenvalue weighted by molar-refractivity contribution is 5.84. The van der Waals surface area contributed by atoms with Crippen LogP contribution in [0.25, 0.3) is 0 Å². The molecular weight excluding hydrogens is 254 g/mol. The number of carbonyl (C=O) groups is 1. The van der Waals surface area contributed by atoms with Gasteiger partial charge in [0.05, 0.1) is 12.4 Å². The first kappa shape index (κ1) is 14.0. The molecule has 2 aromatic rings. The predicted molar refractivity (Wildman–Crippen MR) is 77.0 cm³/mol. The molecular formula is C15H17N3O2. The molecule has 0 fully saturated rings. The maximum atomic E-state index is 10.7. The highest BCUT2D eigenvalue weighted by atomic mass is 16.4. The third-order valence-corrected chi connectivity index (χ3v) is 3.16. The van der Waals surface area contributed by atoms with Gasteiger partial charge in [-0.15, -0.1) is 0 Å². The number of carboxylic acids is 1. The van der Waals surface area contributed by atoms with Crippen LogP contribution in [-0.4, -0.2) is 27.6 Å². The van der Waals surface area contributed by atoms with Crippen LogP contribution in [0.3, 0.4) is 0 Å². The molecule has 0 aliphatic rings. The highest BCUT2D eigenvalue weighted by Gasteiger charge is 2.09. The molecule has 5 nitrogen and oxygen atoms in total. The van der Waals surface area contributed by atoms with Gasteiger partial charge < -0.3 is 10.4 Å². The van der Waals surface area contributed by atoms with Crippen LogP contribution in [0.2, 0.25) is 0 Å². The van der Waals surface area contributed by atoms with E-state index < -0.39 is 5.97 Å². The first-order valence-corrected chi connectivity index (χ1v) is 6.55. The molecule has 20 heavy (non-hydrogen) atoms. The van der Waals surface area contributed by atoms with Crippen molar-refractivity contribution < 1.29 is 9.90 Å². The van der Waals surface area contributed by atoms with Crippen molar-refractivity contribution in [1.29, 1.82) is 0 Å². The van der Waals surface area contributed by atoms with Crippen LogP contribution in [0.15, 0.2) is 42.7 Å². The SMILES string of the molecule is CCC(CNc1cnc(C(=O)O)cn1)c1ccccc1. The third kappa shape index (κ3) is 3.54. The number of aromatic nitrogens is 2. The van der Waals surface area contributed by atoms with Gasteiger partial charge in [-0.1, -0.05) is 37.3 Å². The Morgan fingerprint density at radius 3 is 2.55 bits per heavy atom. The number of carboxylic acid groups (broad SMARTS) is 1. The molecule has 1 aromatic carbocycles. The summed E-state index contributed by atoms with van der Waals surface area (Å²) < 4.78 is 0. The van der Waals surface area contributed by atoms with E-state index in [0.29, 0.717) is 11.7 Å². The van der Waals surface area contributed by atoms with E-state index in [1.165, 1.54) is 18.0 Å². The molecule has 0 amide bonds. The Bertz CT molecular complexity index is 555. The summed E-state index contributed by atoms with van der Waals surface area (Å²) >= 11 is 0. The van der Waals surface area contributed by atoms with E-state index in [0.717, 1.165) is 13.0 Å². The Kier molecular flexibility index (Phi) is 4.65. The van der Waals surface area contributed by atoms with Crippen molar-refractivity contribution in [3.63, 3.8) is 0 Å². The zero-order valence-electron chi connectivity index (χ0n) is 11.3. The molecule has 0 bridgehead atoms. The summed E-state index contributed by atoms with van der Waals surface area (Å²) in [7, 11) is 0. The first-order valence-electron chi connectivity index (χ1n) is 6.55. The second-order valence-corrected chi connectivity index (χ2v) is 4.49. The number of nitrogens with one attached hydrogen (secondary N) is 1. The monoisotopic (exact) mass is 271 g/mol. The van der Waals surface area contributed by atoms with E-state index in [2.05, 4.69) is 34.3 Å². The molecule has 0 saturated carbocycles. The average Bonchev–Trinajstić information content (AvgIpc) is 2.49. The minimum absolute atomic E-state index is 0.0503. The zero-order chi connectivity index (χ0) is 14.4. The Balaban J connectivity index is 1.98. The summed E-state index contributed by atoms with van der Waals surface area (Å²) in [6, 6.07) is 10.3. The van der Waals surface area contributed by atoms with Gasteiger partial charge in [0, 0.05) is 12.5 Å². The van der Waals surface area contributed by atoms with Crippen LogP contribution in [0.4, 0.5) is 5.82 Å². The van der Waals surface area contributed by atoms with Crippen molar-refractivity contribution in [3.05, 3.63) is 54.0 Å². The molecule has 0 saturated heterocycles. The van der Waals surface area contributed by atoms with Crippen LogP contribution in [0.1, 0.15) is 35.3 Å². The number of anilines is 1. The van der Waals surface area contributed by atoms with Gasteiger partial charge in [0.2, 0.25) is 0 Å². The van der Waals surface area contributed by atoms with Crippen molar-refractivity contribution >= 4 is 11.8 Å². The lowest BCUT2D eigenvalue weighted by Gasteiger charge is -2.16. The first-order chi connectivity index (χ1) is 9.70. The van der Waals surface area contributed by atoms with Gasteiger partial charge in [-0.25, -0.2) is 14.8 Å². The fourth-order valence-corrected chi connectivity index (χ4v) is 1.98. The fraction of sp³-hybridized carbons (Fsp3) is 0.267. The molecule has 0 aliphatic carbocycles. The quantitative estimate of drug-likeness (QED) is 0.845. The molecule has 104 valence electrons. The van der Waals surface area contributed by atoms with E-state index in [9.17, 15) is 4.79 Å². The molecule has 1 atom stereocenters. The van der Waals surface area contributed by atoms with Crippen LogP contribution in [-0.2, 0) is 0 Å². The maximum Gasteiger partial charge on any atom is 0.356 e. The van der Waals surface area contributed by atoms with Crippen molar-refractivity contribution in [2.45, 2.75) is 19.3 Å². The largest absolute Gasteiger partial charge is 0.476 e. The molecule has 0 radical (unpaired) electrons.